The molecule has 0 aliphatic heterocycles. The van der Waals surface area contributed by atoms with E-state index in [0.717, 1.165) is 11.1 Å². The molecule has 0 saturated carbocycles. The first-order valence-corrected chi connectivity index (χ1v) is 6.61. The molecule has 106 valence electrons. The standard InChI is InChI=1S/C15H24N2O2/c1-15(2,3)17-8-7-14(19)16-10-12-5-4-6-13(9-12)11-18/h4-6,9,17-18H,7-8,10-11H2,1-3H3,(H,16,19). The summed E-state index contributed by atoms with van der Waals surface area (Å²) in [6.45, 7) is 7.42. The Morgan fingerprint density at radius 3 is 2.58 bits per heavy atom. The summed E-state index contributed by atoms with van der Waals surface area (Å²) in [5.41, 5.74) is 1.90. The van der Waals surface area contributed by atoms with Crippen molar-refractivity contribution in [2.45, 2.75) is 45.9 Å². The van der Waals surface area contributed by atoms with Crippen LogP contribution in [0.15, 0.2) is 24.3 Å². The minimum atomic E-state index is 0.0251. The lowest BCUT2D eigenvalue weighted by molar-refractivity contribution is -0.121. The van der Waals surface area contributed by atoms with Crippen molar-refractivity contribution in [2.24, 2.45) is 0 Å². The van der Waals surface area contributed by atoms with Crippen LogP contribution in [0.5, 0.6) is 0 Å². The van der Waals surface area contributed by atoms with Crippen LogP contribution in [0.4, 0.5) is 0 Å². The third-order valence-electron chi connectivity index (χ3n) is 2.67. The van der Waals surface area contributed by atoms with Crippen molar-refractivity contribution >= 4 is 5.91 Å². The van der Waals surface area contributed by atoms with Crippen LogP contribution >= 0.6 is 0 Å². The van der Waals surface area contributed by atoms with Crippen LogP contribution in [0, 0.1) is 0 Å². The molecule has 0 unspecified atom stereocenters. The number of aliphatic hydroxyl groups is 1. The summed E-state index contributed by atoms with van der Waals surface area (Å²) < 4.78 is 0. The monoisotopic (exact) mass is 264 g/mol. The van der Waals surface area contributed by atoms with Crippen LogP contribution in [-0.2, 0) is 17.9 Å². The summed E-state index contributed by atoms with van der Waals surface area (Å²) in [5, 5.41) is 15.2. The topological polar surface area (TPSA) is 61.4 Å². The molecule has 0 aliphatic carbocycles. The van der Waals surface area contributed by atoms with Gasteiger partial charge in [-0.05, 0) is 31.9 Å². The molecular weight excluding hydrogens is 240 g/mol. The molecule has 0 bridgehead atoms. The lowest BCUT2D eigenvalue weighted by Crippen LogP contribution is -2.38. The second kappa shape index (κ2) is 7.26. The van der Waals surface area contributed by atoms with E-state index in [0.29, 0.717) is 19.5 Å². The quantitative estimate of drug-likeness (QED) is 0.731. The fraction of sp³-hybridized carbons (Fsp3) is 0.533. The van der Waals surface area contributed by atoms with E-state index >= 15 is 0 Å². The van der Waals surface area contributed by atoms with E-state index in [1.807, 2.05) is 24.3 Å². The third kappa shape index (κ3) is 6.94. The van der Waals surface area contributed by atoms with Crippen LogP contribution in [0.1, 0.15) is 38.3 Å². The highest BCUT2D eigenvalue weighted by molar-refractivity contribution is 5.76. The van der Waals surface area contributed by atoms with Gasteiger partial charge in [0.15, 0.2) is 0 Å². The maximum Gasteiger partial charge on any atom is 0.221 e. The zero-order valence-electron chi connectivity index (χ0n) is 12.0. The van der Waals surface area contributed by atoms with Crippen molar-refractivity contribution in [3.05, 3.63) is 35.4 Å². The first-order chi connectivity index (χ1) is 8.90. The summed E-state index contributed by atoms with van der Waals surface area (Å²) in [5.74, 6) is 0.0335. The van der Waals surface area contributed by atoms with Crippen LogP contribution in [0.25, 0.3) is 0 Å². The van der Waals surface area contributed by atoms with E-state index in [-0.39, 0.29) is 18.1 Å². The Labute approximate surface area is 115 Å². The Bertz CT molecular complexity index is 411. The van der Waals surface area contributed by atoms with Crippen molar-refractivity contribution in [2.75, 3.05) is 6.54 Å². The van der Waals surface area contributed by atoms with Gasteiger partial charge in [-0.1, -0.05) is 24.3 Å². The minimum absolute atomic E-state index is 0.0251. The number of benzene rings is 1. The average Bonchev–Trinajstić information content (AvgIpc) is 2.35. The third-order valence-corrected chi connectivity index (χ3v) is 2.67. The first kappa shape index (κ1) is 15.7. The molecule has 0 aromatic heterocycles. The number of carbonyl (C=O) groups excluding carboxylic acids is 1. The van der Waals surface area contributed by atoms with Gasteiger partial charge in [-0.15, -0.1) is 0 Å². The number of amides is 1. The number of rotatable bonds is 6. The summed E-state index contributed by atoms with van der Waals surface area (Å²) in [4.78, 5) is 11.7. The second-order valence-corrected chi connectivity index (χ2v) is 5.68. The number of hydrogen-bond acceptors (Lipinski definition) is 3. The van der Waals surface area contributed by atoms with E-state index in [2.05, 4.69) is 31.4 Å². The summed E-state index contributed by atoms with van der Waals surface area (Å²) >= 11 is 0. The highest BCUT2D eigenvalue weighted by atomic mass is 16.3. The summed E-state index contributed by atoms with van der Waals surface area (Å²) in [6.07, 6.45) is 0.469. The lowest BCUT2D eigenvalue weighted by atomic mass is 10.1. The van der Waals surface area contributed by atoms with Crippen molar-refractivity contribution in [1.82, 2.24) is 10.6 Å². The van der Waals surface area contributed by atoms with Crippen LogP contribution in [0.3, 0.4) is 0 Å². The Morgan fingerprint density at radius 1 is 1.26 bits per heavy atom. The Balaban J connectivity index is 2.29. The summed E-state index contributed by atoms with van der Waals surface area (Å²) in [7, 11) is 0. The number of hydrogen-bond donors (Lipinski definition) is 3. The molecule has 1 rings (SSSR count). The molecule has 4 nitrogen and oxygen atoms in total. The van der Waals surface area contributed by atoms with Gasteiger partial charge >= 0.3 is 0 Å². The number of nitrogens with one attached hydrogen (secondary N) is 2. The van der Waals surface area contributed by atoms with Crippen molar-refractivity contribution < 1.29 is 9.90 Å². The van der Waals surface area contributed by atoms with Gasteiger partial charge in [0.1, 0.15) is 0 Å². The molecular formula is C15H24N2O2. The maximum atomic E-state index is 11.7. The molecule has 0 spiro atoms. The van der Waals surface area contributed by atoms with Gasteiger partial charge in [0.05, 0.1) is 6.61 Å². The van der Waals surface area contributed by atoms with Crippen molar-refractivity contribution in [3.63, 3.8) is 0 Å². The zero-order valence-corrected chi connectivity index (χ0v) is 12.0. The number of aliphatic hydroxyl groups excluding tert-OH is 1. The lowest BCUT2D eigenvalue weighted by Gasteiger charge is -2.20. The van der Waals surface area contributed by atoms with Crippen LogP contribution < -0.4 is 10.6 Å². The van der Waals surface area contributed by atoms with Crippen LogP contribution in [0.2, 0.25) is 0 Å². The van der Waals surface area contributed by atoms with E-state index in [4.69, 9.17) is 5.11 Å². The molecule has 19 heavy (non-hydrogen) atoms. The fourth-order valence-corrected chi connectivity index (χ4v) is 1.68. The van der Waals surface area contributed by atoms with Gasteiger partial charge in [-0.2, -0.15) is 0 Å². The molecule has 1 aromatic rings. The van der Waals surface area contributed by atoms with E-state index < -0.39 is 0 Å². The molecule has 1 aromatic carbocycles. The van der Waals surface area contributed by atoms with Crippen LogP contribution in [-0.4, -0.2) is 23.1 Å². The molecule has 3 N–H and O–H groups in total. The zero-order chi connectivity index (χ0) is 14.3. The normalized spacial score (nSPS) is 11.4. The Hall–Kier alpha value is -1.39. The Morgan fingerprint density at radius 2 is 1.95 bits per heavy atom. The highest BCUT2D eigenvalue weighted by Crippen LogP contribution is 2.05. The van der Waals surface area contributed by atoms with Crippen molar-refractivity contribution in [3.8, 4) is 0 Å². The SMILES string of the molecule is CC(C)(C)NCCC(=O)NCc1cccc(CO)c1. The fourth-order valence-electron chi connectivity index (χ4n) is 1.68. The van der Waals surface area contributed by atoms with Gasteiger partial charge in [0, 0.05) is 25.0 Å². The van der Waals surface area contributed by atoms with Gasteiger partial charge in [-0.3, -0.25) is 4.79 Å². The largest absolute Gasteiger partial charge is 0.392 e. The van der Waals surface area contributed by atoms with E-state index in [1.54, 1.807) is 0 Å². The predicted octanol–water partition coefficient (Wildman–Crippen LogP) is 1.57. The van der Waals surface area contributed by atoms with Gasteiger partial charge in [0.2, 0.25) is 5.91 Å². The molecule has 0 heterocycles. The molecule has 0 atom stereocenters. The molecule has 0 radical (unpaired) electrons. The second-order valence-electron chi connectivity index (χ2n) is 5.68. The molecule has 1 amide bonds. The first-order valence-electron chi connectivity index (χ1n) is 6.61. The minimum Gasteiger partial charge on any atom is -0.392 e. The average molecular weight is 264 g/mol. The van der Waals surface area contributed by atoms with E-state index in [9.17, 15) is 4.79 Å². The molecule has 0 fully saturated rings. The smallest absolute Gasteiger partial charge is 0.221 e. The summed E-state index contributed by atoms with van der Waals surface area (Å²) in [6, 6.07) is 7.58. The van der Waals surface area contributed by atoms with Gasteiger partial charge in [0.25, 0.3) is 0 Å². The van der Waals surface area contributed by atoms with Gasteiger partial charge < -0.3 is 15.7 Å². The van der Waals surface area contributed by atoms with Crippen molar-refractivity contribution in [1.29, 1.82) is 0 Å². The highest BCUT2D eigenvalue weighted by Gasteiger charge is 2.09. The predicted molar refractivity (Wildman–Crippen MR) is 76.6 cm³/mol. The maximum absolute atomic E-state index is 11.7. The van der Waals surface area contributed by atoms with E-state index in [1.165, 1.54) is 0 Å². The molecule has 0 aliphatic rings. The molecule has 0 saturated heterocycles. The van der Waals surface area contributed by atoms with Gasteiger partial charge in [-0.25, -0.2) is 0 Å². The number of carbonyl (C=O) groups is 1. The Kier molecular flexibility index (Phi) is 5.99. The molecule has 4 heteroatoms.